The molecule has 15 heavy (non-hydrogen) atoms. The first kappa shape index (κ1) is 10.2. The van der Waals surface area contributed by atoms with E-state index < -0.39 is 0 Å². The molecule has 0 aromatic heterocycles. The molecule has 86 valence electrons. The highest BCUT2D eigenvalue weighted by Crippen LogP contribution is 2.65. The first-order chi connectivity index (χ1) is 7.26. The van der Waals surface area contributed by atoms with Crippen molar-refractivity contribution in [3.8, 4) is 0 Å². The van der Waals surface area contributed by atoms with E-state index in [0.717, 1.165) is 41.4 Å². The largest absolute Gasteiger partial charge is 0.0651 e. The van der Waals surface area contributed by atoms with Crippen LogP contribution in [0.1, 0.15) is 52.9 Å². The van der Waals surface area contributed by atoms with E-state index in [1.165, 1.54) is 12.8 Å². The van der Waals surface area contributed by atoms with Crippen LogP contribution in [0.2, 0.25) is 0 Å². The highest BCUT2D eigenvalue weighted by molar-refractivity contribution is 5.06. The molecule has 0 aromatic rings. The van der Waals surface area contributed by atoms with Gasteiger partial charge in [0.2, 0.25) is 0 Å². The van der Waals surface area contributed by atoms with Crippen LogP contribution in [-0.4, -0.2) is 0 Å². The van der Waals surface area contributed by atoms with E-state index in [1.807, 2.05) is 0 Å². The second kappa shape index (κ2) is 3.50. The Morgan fingerprint density at radius 2 is 1.53 bits per heavy atom. The minimum atomic E-state index is 1.06. The van der Waals surface area contributed by atoms with Gasteiger partial charge in [-0.15, -0.1) is 0 Å². The van der Waals surface area contributed by atoms with Crippen LogP contribution in [0.3, 0.4) is 0 Å². The molecular formula is C15H26. The third-order valence-corrected chi connectivity index (χ3v) is 6.21. The maximum Gasteiger partial charge on any atom is -0.0321 e. The van der Waals surface area contributed by atoms with Crippen molar-refractivity contribution in [3.05, 3.63) is 0 Å². The van der Waals surface area contributed by atoms with E-state index in [9.17, 15) is 0 Å². The van der Waals surface area contributed by atoms with Gasteiger partial charge in [-0.2, -0.15) is 0 Å². The van der Waals surface area contributed by atoms with Crippen LogP contribution in [0.4, 0.5) is 0 Å². The fraction of sp³-hybridized carbons (Fsp3) is 1.00. The molecule has 0 aromatic carbocycles. The van der Waals surface area contributed by atoms with Crippen LogP contribution in [0.15, 0.2) is 0 Å². The van der Waals surface area contributed by atoms with Gasteiger partial charge in [-0.05, 0) is 60.7 Å². The zero-order valence-electron chi connectivity index (χ0n) is 10.6. The van der Waals surface area contributed by atoms with Crippen LogP contribution in [-0.2, 0) is 0 Å². The molecule has 0 heterocycles. The van der Waals surface area contributed by atoms with Gasteiger partial charge in [0.1, 0.15) is 0 Å². The van der Waals surface area contributed by atoms with E-state index in [4.69, 9.17) is 0 Å². The Labute approximate surface area is 94.8 Å². The van der Waals surface area contributed by atoms with Gasteiger partial charge in [0.15, 0.2) is 0 Å². The van der Waals surface area contributed by atoms with Gasteiger partial charge in [-0.1, -0.05) is 33.6 Å². The molecule has 0 nitrogen and oxygen atoms in total. The quantitative estimate of drug-likeness (QED) is 0.630. The molecule has 2 bridgehead atoms. The van der Waals surface area contributed by atoms with Gasteiger partial charge >= 0.3 is 0 Å². The van der Waals surface area contributed by atoms with Crippen molar-refractivity contribution in [1.82, 2.24) is 0 Å². The third kappa shape index (κ3) is 1.26. The average Bonchev–Trinajstić information content (AvgIpc) is 2.85. The number of hydrogen-bond acceptors (Lipinski definition) is 0. The molecule has 3 rings (SSSR count). The minimum Gasteiger partial charge on any atom is -0.0651 e. The van der Waals surface area contributed by atoms with Crippen LogP contribution in [0.5, 0.6) is 0 Å². The third-order valence-electron chi connectivity index (χ3n) is 6.21. The molecule has 3 aliphatic rings. The van der Waals surface area contributed by atoms with Crippen molar-refractivity contribution in [3.63, 3.8) is 0 Å². The normalized spacial score (nSPS) is 57.4. The van der Waals surface area contributed by atoms with Crippen molar-refractivity contribution in [1.29, 1.82) is 0 Å². The van der Waals surface area contributed by atoms with Crippen molar-refractivity contribution < 1.29 is 0 Å². The fourth-order valence-electron chi connectivity index (χ4n) is 5.72. The molecule has 0 saturated heterocycles. The lowest BCUT2D eigenvalue weighted by Gasteiger charge is -2.34. The summed E-state index contributed by atoms with van der Waals surface area (Å²) in [5.41, 5.74) is 0. The molecule has 3 aliphatic carbocycles. The van der Waals surface area contributed by atoms with Crippen LogP contribution in [0, 0.1) is 41.4 Å². The van der Waals surface area contributed by atoms with Gasteiger partial charge in [0, 0.05) is 0 Å². The Morgan fingerprint density at radius 1 is 0.867 bits per heavy atom. The van der Waals surface area contributed by atoms with Gasteiger partial charge in [-0.3, -0.25) is 0 Å². The van der Waals surface area contributed by atoms with Crippen LogP contribution in [0.25, 0.3) is 0 Å². The van der Waals surface area contributed by atoms with Crippen LogP contribution >= 0.6 is 0 Å². The second-order valence-electron chi connectivity index (χ2n) is 6.60. The van der Waals surface area contributed by atoms with Gasteiger partial charge in [-0.25, -0.2) is 0 Å². The standard InChI is InChI=1S/C15H26/c1-4-10-7-11(5-2)15-13-8-12(14(10)15)6-9(13)3/h9-15H,4-8H2,1-3H3. The maximum absolute atomic E-state index is 2.52. The van der Waals surface area contributed by atoms with Crippen molar-refractivity contribution >= 4 is 0 Å². The molecule has 7 unspecified atom stereocenters. The first-order valence-electron chi connectivity index (χ1n) is 7.26. The molecule has 0 radical (unpaired) electrons. The van der Waals surface area contributed by atoms with Crippen LogP contribution < -0.4 is 0 Å². The van der Waals surface area contributed by atoms with Gasteiger partial charge in [0.25, 0.3) is 0 Å². The first-order valence-corrected chi connectivity index (χ1v) is 7.26. The maximum atomic E-state index is 2.52. The van der Waals surface area contributed by atoms with Gasteiger partial charge in [0.05, 0.1) is 0 Å². The Hall–Kier alpha value is 0. The molecule has 7 atom stereocenters. The smallest absolute Gasteiger partial charge is 0.0321 e. The summed E-state index contributed by atoms with van der Waals surface area (Å²) in [6, 6.07) is 0. The van der Waals surface area contributed by atoms with E-state index in [2.05, 4.69) is 20.8 Å². The Kier molecular flexibility index (Phi) is 2.37. The average molecular weight is 206 g/mol. The summed E-state index contributed by atoms with van der Waals surface area (Å²) in [6.07, 6.45) is 7.65. The fourth-order valence-corrected chi connectivity index (χ4v) is 5.72. The lowest BCUT2D eigenvalue weighted by molar-refractivity contribution is 0.142. The summed E-state index contributed by atoms with van der Waals surface area (Å²) < 4.78 is 0. The highest BCUT2D eigenvalue weighted by atomic mass is 14.6. The summed E-state index contributed by atoms with van der Waals surface area (Å²) in [5.74, 6) is 7.81. The summed E-state index contributed by atoms with van der Waals surface area (Å²) >= 11 is 0. The topological polar surface area (TPSA) is 0 Å². The Balaban J connectivity index is 1.87. The van der Waals surface area contributed by atoms with Crippen molar-refractivity contribution in [2.24, 2.45) is 41.4 Å². The van der Waals surface area contributed by atoms with E-state index in [1.54, 1.807) is 19.3 Å². The molecule has 0 N–H and O–H groups in total. The minimum absolute atomic E-state index is 1.06. The number of hydrogen-bond donors (Lipinski definition) is 0. The van der Waals surface area contributed by atoms with Crippen molar-refractivity contribution in [2.75, 3.05) is 0 Å². The molecule has 3 fully saturated rings. The molecular weight excluding hydrogens is 180 g/mol. The summed E-state index contributed by atoms with van der Waals surface area (Å²) in [4.78, 5) is 0. The monoisotopic (exact) mass is 206 g/mol. The summed E-state index contributed by atoms with van der Waals surface area (Å²) in [5, 5.41) is 0. The van der Waals surface area contributed by atoms with E-state index in [0.29, 0.717) is 0 Å². The molecule has 0 spiro atoms. The molecule has 3 saturated carbocycles. The second-order valence-corrected chi connectivity index (χ2v) is 6.60. The Morgan fingerprint density at radius 3 is 2.20 bits per heavy atom. The predicted molar refractivity (Wildman–Crippen MR) is 64.5 cm³/mol. The lowest BCUT2D eigenvalue weighted by atomic mass is 9.71. The zero-order chi connectivity index (χ0) is 10.6. The lowest BCUT2D eigenvalue weighted by Crippen LogP contribution is -2.28. The molecule has 0 aliphatic heterocycles. The number of rotatable bonds is 2. The summed E-state index contributed by atoms with van der Waals surface area (Å²) in [7, 11) is 0. The molecule has 0 amide bonds. The van der Waals surface area contributed by atoms with Crippen molar-refractivity contribution in [2.45, 2.75) is 52.9 Å². The Bertz CT molecular complexity index is 242. The zero-order valence-corrected chi connectivity index (χ0v) is 10.6. The van der Waals surface area contributed by atoms with E-state index >= 15 is 0 Å². The van der Waals surface area contributed by atoms with E-state index in [-0.39, 0.29) is 0 Å². The number of fused-ring (bicyclic) bond motifs is 5. The van der Waals surface area contributed by atoms with Gasteiger partial charge < -0.3 is 0 Å². The molecule has 0 heteroatoms. The highest BCUT2D eigenvalue weighted by Gasteiger charge is 2.58. The predicted octanol–water partition coefficient (Wildman–Crippen LogP) is 4.35. The summed E-state index contributed by atoms with van der Waals surface area (Å²) in [6.45, 7) is 7.37. The SMILES string of the molecule is CCC1CC(CC)C2C3CC(CC3C)C12.